The minimum Gasteiger partial charge on any atom is -0.371 e. The zero-order chi connectivity index (χ0) is 15.7. The van der Waals surface area contributed by atoms with Gasteiger partial charge in [-0.1, -0.05) is 50.1 Å². The van der Waals surface area contributed by atoms with E-state index in [2.05, 4.69) is 10.6 Å². The second-order valence-corrected chi connectivity index (χ2v) is 7.81. The first-order valence-electron chi connectivity index (χ1n) is 9.19. The van der Waals surface area contributed by atoms with E-state index in [9.17, 15) is 0 Å². The Hall–Kier alpha value is -1.22. The topological polar surface area (TPSA) is 36.4 Å². The Kier molecular flexibility index (Phi) is 4.23. The fraction of sp³-hybridized carbons (Fsp3) is 0.632. The summed E-state index contributed by atoms with van der Waals surface area (Å²) >= 11 is 6.19. The Balaban J connectivity index is 1.66. The smallest absolute Gasteiger partial charge is 0.128 e. The molecule has 4 rings (SSSR count). The average molecular weight is 332 g/mol. The van der Waals surface area contributed by atoms with Crippen molar-refractivity contribution in [1.29, 1.82) is 0 Å². The van der Waals surface area contributed by atoms with E-state index in [1.807, 2.05) is 18.2 Å². The molecule has 2 aliphatic carbocycles. The van der Waals surface area contributed by atoms with Crippen molar-refractivity contribution in [3.8, 4) is 0 Å². The van der Waals surface area contributed by atoms with Crippen LogP contribution in [0.2, 0.25) is 5.02 Å². The fourth-order valence-electron chi connectivity index (χ4n) is 4.38. The van der Waals surface area contributed by atoms with Crippen molar-refractivity contribution in [3.05, 3.63) is 23.2 Å². The van der Waals surface area contributed by atoms with Crippen LogP contribution in [0, 0.1) is 0 Å². The van der Waals surface area contributed by atoms with Gasteiger partial charge in [0.25, 0.3) is 0 Å². The van der Waals surface area contributed by atoms with Gasteiger partial charge in [0.05, 0.1) is 16.9 Å². The summed E-state index contributed by atoms with van der Waals surface area (Å²) in [5.41, 5.74) is 2.10. The number of anilines is 1. The third kappa shape index (κ3) is 3.08. The van der Waals surface area contributed by atoms with Gasteiger partial charge in [-0.3, -0.25) is 0 Å². The lowest BCUT2D eigenvalue weighted by atomic mass is 9.79. The molecule has 0 atom stereocenters. The summed E-state index contributed by atoms with van der Waals surface area (Å²) in [6.07, 6.45) is 12.8. The number of halogens is 1. The first kappa shape index (κ1) is 15.3. The molecule has 3 nitrogen and oxygen atoms in total. The number of rotatable bonds is 1. The van der Waals surface area contributed by atoms with Crippen LogP contribution in [0.25, 0.3) is 0 Å². The van der Waals surface area contributed by atoms with E-state index in [1.165, 1.54) is 57.2 Å². The third-order valence-electron chi connectivity index (χ3n) is 5.67. The van der Waals surface area contributed by atoms with Gasteiger partial charge in [0.15, 0.2) is 0 Å². The van der Waals surface area contributed by atoms with E-state index in [1.54, 1.807) is 0 Å². The van der Waals surface area contributed by atoms with Crippen LogP contribution in [0.15, 0.2) is 23.2 Å². The van der Waals surface area contributed by atoms with Crippen LogP contribution in [-0.4, -0.2) is 17.4 Å². The average Bonchev–Trinajstić information content (AvgIpc) is 2.58. The van der Waals surface area contributed by atoms with Gasteiger partial charge < -0.3 is 10.6 Å². The Morgan fingerprint density at radius 2 is 1.78 bits per heavy atom. The van der Waals surface area contributed by atoms with Crippen molar-refractivity contribution >= 4 is 28.8 Å². The zero-order valence-corrected chi connectivity index (χ0v) is 14.5. The first-order chi connectivity index (χ1) is 11.3. The van der Waals surface area contributed by atoms with E-state index in [4.69, 9.17) is 16.6 Å². The van der Waals surface area contributed by atoms with Crippen molar-refractivity contribution in [2.45, 2.75) is 75.8 Å². The van der Waals surface area contributed by atoms with E-state index in [-0.39, 0.29) is 5.54 Å². The molecule has 4 heteroatoms. The summed E-state index contributed by atoms with van der Waals surface area (Å²) in [5.74, 6) is 1.18. The van der Waals surface area contributed by atoms with Crippen LogP contribution >= 0.6 is 11.6 Å². The Morgan fingerprint density at radius 1 is 1.04 bits per heavy atom. The molecule has 0 saturated heterocycles. The van der Waals surface area contributed by atoms with Crippen LogP contribution in [0.4, 0.5) is 11.4 Å². The van der Waals surface area contributed by atoms with Gasteiger partial charge >= 0.3 is 0 Å². The molecular weight excluding hydrogens is 306 g/mol. The molecule has 2 fully saturated rings. The molecule has 2 N–H and O–H groups in total. The lowest BCUT2D eigenvalue weighted by molar-refractivity contribution is 0.371. The fourth-order valence-corrected chi connectivity index (χ4v) is 4.55. The quantitative estimate of drug-likeness (QED) is 0.720. The lowest BCUT2D eigenvalue weighted by Gasteiger charge is -2.44. The van der Waals surface area contributed by atoms with Gasteiger partial charge in [-0.15, -0.1) is 0 Å². The summed E-state index contributed by atoms with van der Waals surface area (Å²) in [7, 11) is 0. The second-order valence-electron chi connectivity index (χ2n) is 7.37. The monoisotopic (exact) mass is 331 g/mol. The minimum absolute atomic E-state index is 0.00657. The Bertz CT molecular complexity index is 599. The van der Waals surface area contributed by atoms with E-state index in [0.717, 1.165) is 29.2 Å². The zero-order valence-electron chi connectivity index (χ0n) is 13.7. The highest BCUT2D eigenvalue weighted by molar-refractivity contribution is 6.31. The lowest BCUT2D eigenvalue weighted by Crippen LogP contribution is -2.57. The third-order valence-corrected chi connectivity index (χ3v) is 5.91. The molecule has 1 spiro atoms. The molecule has 0 aromatic heterocycles. The summed E-state index contributed by atoms with van der Waals surface area (Å²) in [6, 6.07) is 6.58. The molecule has 3 aliphatic rings. The highest BCUT2D eigenvalue weighted by Gasteiger charge is 2.41. The highest BCUT2D eigenvalue weighted by Crippen LogP contribution is 2.41. The summed E-state index contributed by atoms with van der Waals surface area (Å²) in [6.45, 7) is 0. The molecule has 1 aromatic carbocycles. The maximum absolute atomic E-state index is 6.19. The van der Waals surface area contributed by atoms with Crippen LogP contribution in [0.5, 0.6) is 0 Å². The van der Waals surface area contributed by atoms with Crippen LogP contribution < -0.4 is 10.6 Å². The van der Waals surface area contributed by atoms with Gasteiger partial charge in [-0.25, -0.2) is 4.99 Å². The molecule has 1 heterocycles. The first-order valence-corrected chi connectivity index (χ1v) is 9.56. The number of hydrogen-bond acceptors (Lipinski definition) is 3. The van der Waals surface area contributed by atoms with Gasteiger partial charge in [-0.2, -0.15) is 0 Å². The van der Waals surface area contributed by atoms with Crippen molar-refractivity contribution in [2.24, 2.45) is 4.99 Å². The summed E-state index contributed by atoms with van der Waals surface area (Å²) < 4.78 is 0. The largest absolute Gasteiger partial charge is 0.371 e. The number of hydrogen-bond donors (Lipinski definition) is 2. The number of aliphatic imine (C=N–C) groups is 1. The van der Waals surface area contributed by atoms with Crippen molar-refractivity contribution in [3.63, 3.8) is 0 Å². The number of nitrogens with zero attached hydrogens (tertiary/aromatic N) is 1. The van der Waals surface area contributed by atoms with Gasteiger partial charge in [0, 0.05) is 11.1 Å². The minimum atomic E-state index is -0.00657. The SMILES string of the molecule is Clc1ccc2c(c1)NC1(CCCCC1)C(NC1CCCCC1)=N2. The molecular formula is C19H26ClN3. The van der Waals surface area contributed by atoms with Crippen LogP contribution in [-0.2, 0) is 0 Å². The Labute approximate surface area is 143 Å². The van der Waals surface area contributed by atoms with Crippen LogP contribution in [0.3, 0.4) is 0 Å². The van der Waals surface area contributed by atoms with Crippen molar-refractivity contribution < 1.29 is 0 Å². The predicted octanol–water partition coefficient (Wildman–Crippen LogP) is 5.42. The summed E-state index contributed by atoms with van der Waals surface area (Å²) in [4.78, 5) is 5.04. The van der Waals surface area contributed by atoms with Crippen molar-refractivity contribution in [2.75, 3.05) is 5.32 Å². The van der Waals surface area contributed by atoms with E-state index >= 15 is 0 Å². The Morgan fingerprint density at radius 3 is 2.57 bits per heavy atom. The second kappa shape index (κ2) is 6.35. The molecule has 1 aromatic rings. The molecule has 0 bridgehead atoms. The van der Waals surface area contributed by atoms with E-state index in [0.29, 0.717) is 6.04 Å². The highest BCUT2D eigenvalue weighted by atomic mass is 35.5. The summed E-state index contributed by atoms with van der Waals surface area (Å²) in [5, 5.41) is 8.42. The maximum atomic E-state index is 6.19. The number of fused-ring (bicyclic) bond motifs is 1. The standard InChI is InChI=1S/C19H26ClN3/c20-14-9-10-16-17(13-14)23-19(11-5-2-6-12-19)18(22-16)21-15-7-3-1-4-8-15/h9-10,13,15,23H,1-8,11-12H2,(H,21,22). The number of benzene rings is 1. The molecule has 124 valence electrons. The van der Waals surface area contributed by atoms with Crippen molar-refractivity contribution in [1.82, 2.24) is 5.32 Å². The molecule has 0 radical (unpaired) electrons. The normalized spacial score (nSPS) is 23.8. The molecule has 2 saturated carbocycles. The predicted molar refractivity (Wildman–Crippen MR) is 98.0 cm³/mol. The van der Waals surface area contributed by atoms with E-state index < -0.39 is 0 Å². The number of amidine groups is 1. The van der Waals surface area contributed by atoms with Gasteiger partial charge in [0.1, 0.15) is 5.84 Å². The molecule has 0 amide bonds. The van der Waals surface area contributed by atoms with Gasteiger partial charge in [0.2, 0.25) is 0 Å². The molecule has 0 unspecified atom stereocenters. The molecule has 23 heavy (non-hydrogen) atoms. The van der Waals surface area contributed by atoms with Gasteiger partial charge in [-0.05, 0) is 43.9 Å². The van der Waals surface area contributed by atoms with Crippen LogP contribution in [0.1, 0.15) is 64.2 Å². The molecule has 1 aliphatic heterocycles. The maximum Gasteiger partial charge on any atom is 0.128 e. The number of nitrogens with one attached hydrogen (secondary N) is 2.